The summed E-state index contributed by atoms with van der Waals surface area (Å²) < 4.78 is 0. The molecular formula is C28H31ClN2O2S. The Morgan fingerprint density at radius 1 is 1.00 bits per heavy atom. The first-order valence-electron chi connectivity index (χ1n) is 11.6. The van der Waals surface area contributed by atoms with Crippen molar-refractivity contribution >= 4 is 45.4 Å². The average Bonchev–Trinajstić information content (AvgIpc) is 3.12. The highest BCUT2D eigenvalue weighted by Gasteiger charge is 2.34. The summed E-state index contributed by atoms with van der Waals surface area (Å²) in [5.74, 6) is 0.113. The Labute approximate surface area is 210 Å². The van der Waals surface area contributed by atoms with Crippen LogP contribution in [0.2, 0.25) is 5.02 Å². The van der Waals surface area contributed by atoms with Crippen molar-refractivity contribution in [2.24, 2.45) is 11.3 Å². The fourth-order valence-corrected chi connectivity index (χ4v) is 6.01. The SMILES string of the molecule is Cc1ccc(NC(=O)c2c(NC(=O)c3ccc(Cl)cc3)sc3c2CCC(C(C)(C)C)C3)c(C)c1. The van der Waals surface area contributed by atoms with Crippen LogP contribution in [0.1, 0.15) is 69.5 Å². The van der Waals surface area contributed by atoms with Crippen molar-refractivity contribution in [2.75, 3.05) is 10.6 Å². The third-order valence-corrected chi connectivity index (χ3v) is 8.10. The predicted octanol–water partition coefficient (Wildman–Crippen LogP) is 7.67. The molecule has 1 aromatic heterocycles. The number of thiophene rings is 1. The summed E-state index contributed by atoms with van der Waals surface area (Å²) in [7, 11) is 0. The molecule has 0 radical (unpaired) electrons. The molecular weight excluding hydrogens is 464 g/mol. The zero-order valence-corrected chi connectivity index (χ0v) is 21.9. The van der Waals surface area contributed by atoms with Crippen LogP contribution in [0.4, 0.5) is 10.7 Å². The molecule has 0 aliphatic heterocycles. The minimum absolute atomic E-state index is 0.176. The smallest absolute Gasteiger partial charge is 0.258 e. The van der Waals surface area contributed by atoms with E-state index in [4.69, 9.17) is 11.6 Å². The first kappa shape index (κ1) is 24.5. The third kappa shape index (κ3) is 5.21. The molecule has 0 saturated heterocycles. The molecule has 2 amide bonds. The van der Waals surface area contributed by atoms with E-state index < -0.39 is 0 Å². The van der Waals surface area contributed by atoms with Gasteiger partial charge >= 0.3 is 0 Å². The van der Waals surface area contributed by atoms with Crippen molar-refractivity contribution < 1.29 is 9.59 Å². The second-order valence-electron chi connectivity index (χ2n) is 10.2. The summed E-state index contributed by atoms with van der Waals surface area (Å²) in [6, 6.07) is 12.7. The number of anilines is 2. The molecule has 3 aromatic rings. The van der Waals surface area contributed by atoms with Crippen LogP contribution >= 0.6 is 22.9 Å². The molecule has 178 valence electrons. The molecule has 0 saturated carbocycles. The normalized spacial score (nSPS) is 15.5. The molecule has 0 fully saturated rings. The van der Waals surface area contributed by atoms with Crippen molar-refractivity contribution in [3.05, 3.63) is 80.2 Å². The van der Waals surface area contributed by atoms with Gasteiger partial charge in [-0.3, -0.25) is 9.59 Å². The van der Waals surface area contributed by atoms with Crippen molar-refractivity contribution in [3.8, 4) is 0 Å². The molecule has 6 heteroatoms. The Balaban J connectivity index is 1.69. The van der Waals surface area contributed by atoms with Crippen LogP contribution in [-0.4, -0.2) is 11.8 Å². The molecule has 1 atom stereocenters. The molecule has 0 bridgehead atoms. The number of fused-ring (bicyclic) bond motifs is 1. The number of rotatable bonds is 4. The van der Waals surface area contributed by atoms with Crippen molar-refractivity contribution in [2.45, 2.75) is 53.9 Å². The lowest BCUT2D eigenvalue weighted by atomic mass is 9.72. The molecule has 2 aromatic carbocycles. The lowest BCUT2D eigenvalue weighted by Crippen LogP contribution is -2.27. The van der Waals surface area contributed by atoms with E-state index in [0.717, 1.165) is 41.6 Å². The Bertz CT molecular complexity index is 1240. The third-order valence-electron chi connectivity index (χ3n) is 6.68. The minimum Gasteiger partial charge on any atom is -0.322 e. The first-order chi connectivity index (χ1) is 16.0. The maximum absolute atomic E-state index is 13.6. The molecule has 1 aliphatic rings. The van der Waals surface area contributed by atoms with Crippen LogP contribution in [0.3, 0.4) is 0 Å². The number of amides is 2. The van der Waals surface area contributed by atoms with Gasteiger partial charge in [0, 0.05) is 21.2 Å². The number of carbonyl (C=O) groups excluding carboxylic acids is 2. The molecule has 34 heavy (non-hydrogen) atoms. The fraction of sp³-hybridized carbons (Fsp3) is 0.357. The highest BCUT2D eigenvalue weighted by atomic mass is 35.5. The fourth-order valence-electron chi connectivity index (χ4n) is 4.57. The standard InChI is InChI=1S/C28H31ClN2O2S/c1-16-6-13-22(17(2)14-16)30-26(33)24-21-12-9-19(28(3,4)5)15-23(21)34-27(24)31-25(32)18-7-10-20(29)11-8-18/h6-8,10-11,13-14,19H,9,12,15H2,1-5H3,(H,30,33)(H,31,32). The quantitative estimate of drug-likeness (QED) is 0.390. The van der Waals surface area contributed by atoms with E-state index in [-0.39, 0.29) is 17.2 Å². The van der Waals surface area contributed by atoms with Crippen LogP contribution < -0.4 is 10.6 Å². The Morgan fingerprint density at radius 3 is 2.35 bits per heavy atom. The van der Waals surface area contributed by atoms with Gasteiger partial charge in [-0.1, -0.05) is 50.1 Å². The summed E-state index contributed by atoms with van der Waals surface area (Å²) in [4.78, 5) is 27.8. The van der Waals surface area contributed by atoms with E-state index in [1.165, 1.54) is 16.2 Å². The van der Waals surface area contributed by atoms with Crippen LogP contribution in [0.5, 0.6) is 0 Å². The highest BCUT2D eigenvalue weighted by molar-refractivity contribution is 7.17. The summed E-state index contributed by atoms with van der Waals surface area (Å²) in [6.07, 6.45) is 2.78. The van der Waals surface area contributed by atoms with Crippen LogP contribution in [-0.2, 0) is 12.8 Å². The average molecular weight is 495 g/mol. The molecule has 1 heterocycles. The number of carbonyl (C=O) groups is 2. The van der Waals surface area contributed by atoms with E-state index in [9.17, 15) is 9.59 Å². The van der Waals surface area contributed by atoms with Gasteiger partial charge in [-0.15, -0.1) is 11.3 Å². The molecule has 1 aliphatic carbocycles. The number of aryl methyl sites for hydroxylation is 2. The number of benzene rings is 2. The maximum atomic E-state index is 13.6. The molecule has 0 spiro atoms. The molecule has 4 rings (SSSR count). The number of halogens is 1. The molecule has 1 unspecified atom stereocenters. The van der Waals surface area contributed by atoms with Gasteiger partial charge in [0.25, 0.3) is 11.8 Å². The highest BCUT2D eigenvalue weighted by Crippen LogP contribution is 2.44. The second-order valence-corrected chi connectivity index (χ2v) is 11.8. The summed E-state index contributed by atoms with van der Waals surface area (Å²) in [5, 5.41) is 7.30. The zero-order chi connectivity index (χ0) is 24.6. The van der Waals surface area contributed by atoms with Gasteiger partial charge in [-0.25, -0.2) is 0 Å². The van der Waals surface area contributed by atoms with Gasteiger partial charge < -0.3 is 10.6 Å². The van der Waals surface area contributed by atoms with Crippen LogP contribution in [0.25, 0.3) is 0 Å². The monoisotopic (exact) mass is 494 g/mol. The largest absolute Gasteiger partial charge is 0.322 e. The van der Waals surface area contributed by atoms with E-state index in [1.807, 2.05) is 26.0 Å². The lowest BCUT2D eigenvalue weighted by molar-refractivity contribution is 0.102. The second kappa shape index (κ2) is 9.55. The van der Waals surface area contributed by atoms with E-state index in [2.05, 4.69) is 37.5 Å². The summed E-state index contributed by atoms with van der Waals surface area (Å²) >= 11 is 7.51. The van der Waals surface area contributed by atoms with Crippen molar-refractivity contribution in [3.63, 3.8) is 0 Å². The van der Waals surface area contributed by atoms with E-state index in [0.29, 0.717) is 27.1 Å². The Kier molecular flexibility index (Phi) is 6.88. The van der Waals surface area contributed by atoms with E-state index in [1.54, 1.807) is 24.3 Å². The number of hydrogen-bond acceptors (Lipinski definition) is 3. The van der Waals surface area contributed by atoms with Gasteiger partial charge in [-0.2, -0.15) is 0 Å². The van der Waals surface area contributed by atoms with Gasteiger partial charge in [0.1, 0.15) is 5.00 Å². The number of hydrogen-bond donors (Lipinski definition) is 2. The number of nitrogens with one attached hydrogen (secondary N) is 2. The summed E-state index contributed by atoms with van der Waals surface area (Å²) in [6.45, 7) is 10.8. The van der Waals surface area contributed by atoms with Crippen LogP contribution in [0.15, 0.2) is 42.5 Å². The maximum Gasteiger partial charge on any atom is 0.258 e. The van der Waals surface area contributed by atoms with Crippen LogP contribution in [0, 0.1) is 25.2 Å². The van der Waals surface area contributed by atoms with Crippen molar-refractivity contribution in [1.29, 1.82) is 0 Å². The lowest BCUT2D eigenvalue weighted by Gasteiger charge is -2.33. The van der Waals surface area contributed by atoms with Gasteiger partial charge in [0.05, 0.1) is 5.56 Å². The van der Waals surface area contributed by atoms with Crippen molar-refractivity contribution in [1.82, 2.24) is 0 Å². The first-order valence-corrected chi connectivity index (χ1v) is 12.8. The Morgan fingerprint density at radius 2 is 1.71 bits per heavy atom. The minimum atomic E-state index is -0.247. The van der Waals surface area contributed by atoms with Gasteiger partial charge in [0.2, 0.25) is 0 Å². The molecule has 2 N–H and O–H groups in total. The zero-order valence-electron chi connectivity index (χ0n) is 20.3. The molecule has 4 nitrogen and oxygen atoms in total. The van der Waals surface area contributed by atoms with Gasteiger partial charge in [0.15, 0.2) is 0 Å². The van der Waals surface area contributed by atoms with E-state index >= 15 is 0 Å². The Hall–Kier alpha value is -2.63. The van der Waals surface area contributed by atoms with Gasteiger partial charge in [-0.05, 0) is 85.9 Å². The topological polar surface area (TPSA) is 58.2 Å². The summed E-state index contributed by atoms with van der Waals surface area (Å²) in [5.41, 5.74) is 5.30. The predicted molar refractivity (Wildman–Crippen MR) is 143 cm³/mol.